The Kier molecular flexibility index (Phi) is 6.23. The molecule has 0 fully saturated rings. The van der Waals surface area contributed by atoms with E-state index in [0.29, 0.717) is 33.6 Å². The highest BCUT2D eigenvalue weighted by atomic mass is 32.1. The van der Waals surface area contributed by atoms with E-state index in [9.17, 15) is 4.79 Å². The summed E-state index contributed by atoms with van der Waals surface area (Å²) in [5.41, 5.74) is 2.64. The molecule has 1 heterocycles. The molecule has 1 aliphatic heterocycles. The molecule has 0 saturated heterocycles. The number of anilines is 1. The van der Waals surface area contributed by atoms with Crippen LogP contribution in [0.15, 0.2) is 53.7 Å². The number of amides is 1. The molecule has 3 N–H and O–H groups in total. The molecule has 29 heavy (non-hydrogen) atoms. The summed E-state index contributed by atoms with van der Waals surface area (Å²) in [6.07, 6.45) is 0. The first-order chi connectivity index (χ1) is 14.0. The van der Waals surface area contributed by atoms with Crippen molar-refractivity contribution in [2.45, 2.75) is 13.0 Å². The third-order valence-corrected chi connectivity index (χ3v) is 4.84. The van der Waals surface area contributed by atoms with E-state index in [4.69, 9.17) is 26.4 Å². The van der Waals surface area contributed by atoms with Crippen molar-refractivity contribution < 1.29 is 19.0 Å². The van der Waals surface area contributed by atoms with Gasteiger partial charge in [0.05, 0.1) is 38.6 Å². The predicted molar refractivity (Wildman–Crippen MR) is 115 cm³/mol. The Morgan fingerprint density at radius 1 is 1.00 bits per heavy atom. The molecule has 8 heteroatoms. The molecule has 3 rings (SSSR count). The maximum Gasteiger partial charge on any atom is 0.255 e. The molecule has 0 aromatic heterocycles. The zero-order valence-corrected chi connectivity index (χ0v) is 17.5. The normalized spacial score (nSPS) is 15.9. The Balaban J connectivity index is 1.93. The van der Waals surface area contributed by atoms with Gasteiger partial charge in [0.15, 0.2) is 5.11 Å². The number of benzene rings is 2. The van der Waals surface area contributed by atoms with E-state index >= 15 is 0 Å². The zero-order chi connectivity index (χ0) is 21.0. The molecule has 1 aliphatic rings. The quantitative estimate of drug-likeness (QED) is 0.628. The monoisotopic (exact) mass is 413 g/mol. The molecular weight excluding hydrogens is 390 g/mol. The van der Waals surface area contributed by atoms with Gasteiger partial charge in [-0.05, 0) is 49.0 Å². The zero-order valence-electron chi connectivity index (χ0n) is 16.7. The van der Waals surface area contributed by atoms with Crippen molar-refractivity contribution in [3.8, 4) is 17.2 Å². The number of carbonyl (C=O) groups excluding carboxylic acids is 1. The summed E-state index contributed by atoms with van der Waals surface area (Å²) in [7, 11) is 4.72. The van der Waals surface area contributed by atoms with Gasteiger partial charge in [0, 0.05) is 11.8 Å². The first kappa shape index (κ1) is 20.5. The molecule has 0 radical (unpaired) electrons. The predicted octanol–water partition coefficient (Wildman–Crippen LogP) is 3.14. The average Bonchev–Trinajstić information content (AvgIpc) is 2.73. The van der Waals surface area contributed by atoms with E-state index < -0.39 is 6.04 Å². The molecule has 1 atom stereocenters. The maximum atomic E-state index is 13.2. The second kappa shape index (κ2) is 8.83. The lowest BCUT2D eigenvalue weighted by molar-refractivity contribution is -0.113. The summed E-state index contributed by atoms with van der Waals surface area (Å²) in [4.78, 5) is 13.2. The second-order valence-electron chi connectivity index (χ2n) is 6.36. The van der Waals surface area contributed by atoms with Crippen LogP contribution in [0.2, 0.25) is 0 Å². The van der Waals surface area contributed by atoms with Crippen LogP contribution in [-0.4, -0.2) is 32.3 Å². The Morgan fingerprint density at radius 2 is 1.66 bits per heavy atom. The van der Waals surface area contributed by atoms with Crippen LogP contribution in [0.25, 0.3) is 0 Å². The van der Waals surface area contributed by atoms with Gasteiger partial charge in [0.1, 0.15) is 17.2 Å². The topological polar surface area (TPSA) is 80.9 Å². The van der Waals surface area contributed by atoms with Crippen LogP contribution in [0.5, 0.6) is 17.2 Å². The minimum atomic E-state index is -0.404. The molecule has 0 bridgehead atoms. The van der Waals surface area contributed by atoms with E-state index in [1.54, 1.807) is 32.4 Å². The van der Waals surface area contributed by atoms with E-state index in [1.807, 2.05) is 31.2 Å². The van der Waals surface area contributed by atoms with Crippen LogP contribution in [0, 0.1) is 0 Å². The van der Waals surface area contributed by atoms with Crippen molar-refractivity contribution in [1.82, 2.24) is 10.6 Å². The van der Waals surface area contributed by atoms with Gasteiger partial charge in [0.2, 0.25) is 0 Å². The second-order valence-corrected chi connectivity index (χ2v) is 6.77. The Morgan fingerprint density at radius 3 is 2.28 bits per heavy atom. The lowest BCUT2D eigenvalue weighted by Crippen LogP contribution is -2.45. The van der Waals surface area contributed by atoms with Crippen molar-refractivity contribution in [3.63, 3.8) is 0 Å². The van der Waals surface area contributed by atoms with E-state index in [-0.39, 0.29) is 5.91 Å². The Bertz CT molecular complexity index is 957. The smallest absolute Gasteiger partial charge is 0.255 e. The summed E-state index contributed by atoms with van der Waals surface area (Å²) >= 11 is 5.30. The van der Waals surface area contributed by atoms with Crippen molar-refractivity contribution >= 4 is 28.9 Å². The lowest BCUT2D eigenvalue weighted by atomic mass is 9.95. The summed E-state index contributed by atoms with van der Waals surface area (Å²) in [6.45, 7) is 1.82. The maximum absolute atomic E-state index is 13.2. The van der Waals surface area contributed by atoms with Gasteiger partial charge in [-0.3, -0.25) is 4.79 Å². The molecule has 2 aromatic rings. The SMILES string of the molecule is COc1ccc(C2NC(=S)NC(C)=C2C(=O)Nc2ccc(OC)cc2OC)cc1. The number of allylic oxidation sites excluding steroid dienone is 1. The van der Waals surface area contributed by atoms with Crippen LogP contribution >= 0.6 is 12.2 Å². The van der Waals surface area contributed by atoms with Crippen LogP contribution in [-0.2, 0) is 4.79 Å². The number of carbonyl (C=O) groups is 1. The van der Waals surface area contributed by atoms with E-state index in [2.05, 4.69) is 16.0 Å². The summed E-state index contributed by atoms with van der Waals surface area (Å²) < 4.78 is 15.8. The highest BCUT2D eigenvalue weighted by molar-refractivity contribution is 7.80. The summed E-state index contributed by atoms with van der Waals surface area (Å²) in [5, 5.41) is 9.59. The molecule has 7 nitrogen and oxygen atoms in total. The number of nitrogens with one attached hydrogen (secondary N) is 3. The molecule has 2 aromatic carbocycles. The van der Waals surface area contributed by atoms with Crippen LogP contribution in [0.1, 0.15) is 18.5 Å². The molecule has 152 valence electrons. The fourth-order valence-electron chi connectivity index (χ4n) is 3.13. The van der Waals surface area contributed by atoms with Gasteiger partial charge in [-0.2, -0.15) is 0 Å². The van der Waals surface area contributed by atoms with Gasteiger partial charge in [0.25, 0.3) is 5.91 Å². The standard InChI is InChI=1S/C21H23N3O4S/c1-12-18(20(25)23-16-10-9-15(27-3)11-17(16)28-4)19(24-21(29)22-12)13-5-7-14(26-2)8-6-13/h5-11,19H,1-4H3,(H,23,25)(H2,22,24,29). The Labute approximate surface area is 175 Å². The largest absolute Gasteiger partial charge is 0.497 e. The highest BCUT2D eigenvalue weighted by Gasteiger charge is 2.30. The number of hydrogen-bond acceptors (Lipinski definition) is 5. The molecule has 1 amide bonds. The minimum absolute atomic E-state index is 0.269. The minimum Gasteiger partial charge on any atom is -0.497 e. The average molecular weight is 413 g/mol. The third kappa shape index (κ3) is 4.43. The number of hydrogen-bond donors (Lipinski definition) is 3. The van der Waals surface area contributed by atoms with Gasteiger partial charge in [-0.1, -0.05) is 12.1 Å². The number of thiocarbonyl (C=S) groups is 1. The van der Waals surface area contributed by atoms with E-state index in [0.717, 1.165) is 11.3 Å². The number of methoxy groups -OCH3 is 3. The summed E-state index contributed by atoms with van der Waals surface area (Å²) in [5.74, 6) is 1.61. The Hall–Kier alpha value is -3.26. The molecule has 0 spiro atoms. The highest BCUT2D eigenvalue weighted by Crippen LogP contribution is 2.32. The van der Waals surface area contributed by atoms with Crippen LogP contribution in [0.3, 0.4) is 0 Å². The molecular formula is C21H23N3O4S. The third-order valence-electron chi connectivity index (χ3n) is 4.62. The van der Waals surface area contributed by atoms with E-state index in [1.165, 1.54) is 7.11 Å². The van der Waals surface area contributed by atoms with Crippen molar-refractivity contribution in [2.75, 3.05) is 26.6 Å². The lowest BCUT2D eigenvalue weighted by Gasteiger charge is -2.30. The van der Waals surface area contributed by atoms with Gasteiger partial charge in [-0.15, -0.1) is 0 Å². The van der Waals surface area contributed by atoms with Gasteiger partial charge in [-0.25, -0.2) is 0 Å². The molecule has 0 saturated carbocycles. The molecule has 1 unspecified atom stereocenters. The van der Waals surface area contributed by atoms with Gasteiger partial charge < -0.3 is 30.2 Å². The van der Waals surface area contributed by atoms with Crippen LogP contribution < -0.4 is 30.2 Å². The number of ether oxygens (including phenoxy) is 3. The first-order valence-electron chi connectivity index (χ1n) is 8.92. The molecule has 0 aliphatic carbocycles. The first-order valence-corrected chi connectivity index (χ1v) is 9.33. The van der Waals surface area contributed by atoms with Crippen molar-refractivity contribution in [2.24, 2.45) is 0 Å². The summed E-state index contributed by atoms with van der Waals surface area (Å²) in [6, 6.07) is 12.3. The van der Waals surface area contributed by atoms with Crippen LogP contribution in [0.4, 0.5) is 5.69 Å². The fourth-order valence-corrected chi connectivity index (χ4v) is 3.40. The number of rotatable bonds is 6. The van der Waals surface area contributed by atoms with Crippen molar-refractivity contribution in [1.29, 1.82) is 0 Å². The van der Waals surface area contributed by atoms with Crippen molar-refractivity contribution in [3.05, 3.63) is 59.3 Å². The van der Waals surface area contributed by atoms with Gasteiger partial charge >= 0.3 is 0 Å². The fraction of sp³-hybridized carbons (Fsp3) is 0.238.